The van der Waals surface area contributed by atoms with Crippen LogP contribution in [0.25, 0.3) is 5.69 Å². The molecule has 5 rings (SSSR count). The van der Waals surface area contributed by atoms with Crippen molar-refractivity contribution in [2.45, 2.75) is 77.9 Å². The first-order valence-corrected chi connectivity index (χ1v) is 13.5. The van der Waals surface area contributed by atoms with Gasteiger partial charge in [0.25, 0.3) is 5.91 Å². The van der Waals surface area contributed by atoms with Crippen LogP contribution in [0.3, 0.4) is 0 Å². The number of benzene rings is 2. The maximum absolute atomic E-state index is 13.4. The monoisotopic (exact) mass is 518 g/mol. The zero-order chi connectivity index (χ0) is 26.8. The quantitative estimate of drug-likeness (QED) is 0.456. The van der Waals surface area contributed by atoms with E-state index < -0.39 is 5.97 Å². The van der Waals surface area contributed by atoms with Crippen molar-refractivity contribution in [1.82, 2.24) is 14.3 Å². The maximum Gasteiger partial charge on any atom is 0.350 e. The van der Waals surface area contributed by atoms with E-state index in [9.17, 15) is 19.5 Å². The lowest BCUT2D eigenvalue weighted by Crippen LogP contribution is -2.28. The van der Waals surface area contributed by atoms with Crippen LogP contribution in [0, 0.1) is 12.8 Å². The minimum atomic E-state index is -1.02. The van der Waals surface area contributed by atoms with E-state index in [1.54, 1.807) is 35.8 Å². The number of aryl methyl sites for hydroxylation is 2. The molecular weight excluding hydrogens is 484 g/mol. The van der Waals surface area contributed by atoms with Crippen LogP contribution in [-0.2, 0) is 13.0 Å². The van der Waals surface area contributed by atoms with Gasteiger partial charge < -0.3 is 15.2 Å². The number of carbonyl (C=O) groups excluding carboxylic acids is 1. The zero-order valence-corrected chi connectivity index (χ0v) is 21.9. The number of carboxylic acid groups (broad SMARTS) is 1. The molecular formula is C29H34N4O5. The second kappa shape index (κ2) is 10.8. The van der Waals surface area contributed by atoms with Crippen molar-refractivity contribution in [2.24, 2.45) is 5.92 Å². The molecule has 1 aliphatic heterocycles. The van der Waals surface area contributed by atoms with E-state index in [-0.39, 0.29) is 23.3 Å². The lowest BCUT2D eigenvalue weighted by atomic mass is 9.86. The van der Waals surface area contributed by atoms with Gasteiger partial charge in [0.1, 0.15) is 11.6 Å². The normalized spacial score (nSPS) is 16.5. The standard InChI is InChI=1S/C29H34N4O5/c1-18-16-21(28(35)36)11-14-24(18)30-27(34)23-13-12-22(33-29(37)32-15-7-6-10-26(32)31-33)17-25(23)38-19(2)20-8-4-3-5-9-20/h11-14,16-17,19-20H,3-10,15H2,1-2H3,(H,30,34)(H,35,36)/t19-/m0/s1. The van der Waals surface area contributed by atoms with Gasteiger partial charge in [-0.3, -0.25) is 9.36 Å². The van der Waals surface area contributed by atoms with Crippen LogP contribution >= 0.6 is 0 Å². The topological polar surface area (TPSA) is 115 Å². The molecule has 2 N–H and O–H groups in total. The minimum Gasteiger partial charge on any atom is -0.490 e. The average Bonchev–Trinajstić information content (AvgIpc) is 3.26. The number of nitrogens with zero attached hydrogens (tertiary/aromatic N) is 3. The van der Waals surface area contributed by atoms with Crippen LogP contribution in [0.2, 0.25) is 0 Å². The summed E-state index contributed by atoms with van der Waals surface area (Å²) >= 11 is 0. The minimum absolute atomic E-state index is 0.0967. The van der Waals surface area contributed by atoms with Gasteiger partial charge in [0.05, 0.1) is 22.9 Å². The van der Waals surface area contributed by atoms with Crippen molar-refractivity contribution >= 4 is 17.6 Å². The molecule has 1 aliphatic carbocycles. The fourth-order valence-electron chi connectivity index (χ4n) is 5.52. The Morgan fingerprint density at radius 3 is 2.58 bits per heavy atom. The van der Waals surface area contributed by atoms with Gasteiger partial charge >= 0.3 is 11.7 Å². The van der Waals surface area contributed by atoms with Gasteiger partial charge in [0, 0.05) is 24.7 Å². The molecule has 1 saturated carbocycles. The fourth-order valence-corrected chi connectivity index (χ4v) is 5.52. The molecule has 2 aromatic carbocycles. The number of aromatic carboxylic acids is 1. The van der Waals surface area contributed by atoms with E-state index >= 15 is 0 Å². The highest BCUT2D eigenvalue weighted by Gasteiger charge is 2.25. The summed E-state index contributed by atoms with van der Waals surface area (Å²) in [5.74, 6) is 0.184. The fraction of sp³-hybridized carbons (Fsp3) is 0.448. The van der Waals surface area contributed by atoms with Gasteiger partial charge in [0.2, 0.25) is 0 Å². The van der Waals surface area contributed by atoms with E-state index in [1.165, 1.54) is 36.1 Å². The first kappa shape index (κ1) is 25.8. The summed E-state index contributed by atoms with van der Waals surface area (Å²) in [7, 11) is 0. The summed E-state index contributed by atoms with van der Waals surface area (Å²) in [4.78, 5) is 37.8. The number of anilines is 1. The number of carboxylic acids is 1. The van der Waals surface area contributed by atoms with Crippen molar-refractivity contribution in [1.29, 1.82) is 0 Å². The van der Waals surface area contributed by atoms with Crippen LogP contribution < -0.4 is 15.7 Å². The van der Waals surface area contributed by atoms with E-state index in [0.717, 1.165) is 37.9 Å². The van der Waals surface area contributed by atoms with E-state index in [0.29, 0.717) is 40.7 Å². The van der Waals surface area contributed by atoms with Gasteiger partial charge in [-0.05, 0) is 81.3 Å². The van der Waals surface area contributed by atoms with Crippen LogP contribution in [-0.4, -0.2) is 37.4 Å². The van der Waals surface area contributed by atoms with Crippen molar-refractivity contribution in [3.8, 4) is 11.4 Å². The smallest absolute Gasteiger partial charge is 0.350 e. The highest BCUT2D eigenvalue weighted by atomic mass is 16.5. The van der Waals surface area contributed by atoms with Crippen molar-refractivity contribution in [3.63, 3.8) is 0 Å². The van der Waals surface area contributed by atoms with Crippen molar-refractivity contribution in [2.75, 3.05) is 5.32 Å². The Morgan fingerprint density at radius 2 is 1.87 bits per heavy atom. The molecule has 1 aromatic heterocycles. The molecule has 0 spiro atoms. The van der Waals surface area contributed by atoms with Gasteiger partial charge in [-0.1, -0.05) is 19.3 Å². The lowest BCUT2D eigenvalue weighted by Gasteiger charge is -2.29. The zero-order valence-electron chi connectivity index (χ0n) is 21.9. The molecule has 0 bridgehead atoms. The molecule has 2 heterocycles. The number of carbonyl (C=O) groups is 2. The summed E-state index contributed by atoms with van der Waals surface area (Å²) in [5.41, 5.74) is 2.04. The van der Waals surface area contributed by atoms with E-state index in [4.69, 9.17) is 4.74 Å². The Bertz CT molecular complexity index is 1420. The average molecular weight is 519 g/mol. The van der Waals surface area contributed by atoms with Crippen LogP contribution in [0.5, 0.6) is 5.75 Å². The highest BCUT2D eigenvalue weighted by molar-refractivity contribution is 6.07. The molecule has 1 fully saturated rings. The predicted molar refractivity (Wildman–Crippen MR) is 144 cm³/mol. The Labute approximate surface area is 221 Å². The number of hydrogen-bond acceptors (Lipinski definition) is 5. The summed E-state index contributed by atoms with van der Waals surface area (Å²) in [6.45, 7) is 4.46. The second-order valence-electron chi connectivity index (χ2n) is 10.4. The molecule has 0 saturated heterocycles. The summed E-state index contributed by atoms with van der Waals surface area (Å²) < 4.78 is 9.56. The molecule has 38 heavy (non-hydrogen) atoms. The Balaban J connectivity index is 1.48. The number of aromatic nitrogens is 3. The summed E-state index contributed by atoms with van der Waals surface area (Å²) in [5, 5.41) is 16.7. The first-order valence-electron chi connectivity index (χ1n) is 13.5. The van der Waals surface area contributed by atoms with Crippen molar-refractivity contribution in [3.05, 3.63) is 69.4 Å². The van der Waals surface area contributed by atoms with Gasteiger partial charge in [0.15, 0.2) is 0 Å². The Hall–Kier alpha value is -3.88. The Kier molecular flexibility index (Phi) is 7.35. The summed E-state index contributed by atoms with van der Waals surface area (Å²) in [6, 6.07) is 9.69. The van der Waals surface area contributed by atoms with Gasteiger partial charge in [-0.25, -0.2) is 9.59 Å². The number of fused-ring (bicyclic) bond motifs is 1. The van der Waals surface area contributed by atoms with Crippen LogP contribution in [0.15, 0.2) is 41.2 Å². The summed E-state index contributed by atoms with van der Waals surface area (Å²) in [6.07, 6.45) is 8.40. The molecule has 2 aliphatic rings. The predicted octanol–water partition coefficient (Wildman–Crippen LogP) is 4.98. The molecule has 3 aromatic rings. The first-order chi connectivity index (χ1) is 18.3. The van der Waals surface area contributed by atoms with E-state index in [1.807, 2.05) is 6.92 Å². The van der Waals surface area contributed by atoms with Gasteiger partial charge in [-0.2, -0.15) is 4.68 Å². The number of amides is 1. The third-order valence-corrected chi connectivity index (χ3v) is 7.77. The molecule has 1 amide bonds. The third-order valence-electron chi connectivity index (χ3n) is 7.77. The molecule has 0 radical (unpaired) electrons. The second-order valence-corrected chi connectivity index (χ2v) is 10.4. The third kappa shape index (κ3) is 5.23. The lowest BCUT2D eigenvalue weighted by molar-refractivity contribution is 0.0696. The highest BCUT2D eigenvalue weighted by Crippen LogP contribution is 2.32. The Morgan fingerprint density at radius 1 is 1.08 bits per heavy atom. The molecule has 0 unspecified atom stereocenters. The molecule has 9 nitrogen and oxygen atoms in total. The SMILES string of the molecule is Cc1cc(C(=O)O)ccc1NC(=O)c1ccc(-n2nc3n(c2=O)CCCC3)cc1O[C@@H](C)C1CCCCC1. The van der Waals surface area contributed by atoms with Gasteiger partial charge in [-0.15, -0.1) is 5.10 Å². The largest absolute Gasteiger partial charge is 0.490 e. The molecule has 1 atom stereocenters. The van der Waals surface area contributed by atoms with Crippen LogP contribution in [0.1, 0.15) is 84.0 Å². The number of ether oxygens (including phenoxy) is 1. The molecule has 200 valence electrons. The molecule has 9 heteroatoms. The number of hydrogen-bond donors (Lipinski definition) is 2. The van der Waals surface area contributed by atoms with E-state index in [2.05, 4.69) is 10.4 Å². The van der Waals surface area contributed by atoms with Crippen molar-refractivity contribution < 1.29 is 19.4 Å². The maximum atomic E-state index is 13.4. The van der Waals surface area contributed by atoms with Crippen LogP contribution in [0.4, 0.5) is 5.69 Å². The number of rotatable bonds is 7. The number of nitrogens with one attached hydrogen (secondary N) is 1.